The number of rotatable bonds is 22. The topological polar surface area (TPSA) is 105 Å². The highest BCUT2D eigenvalue weighted by Crippen LogP contribution is 2.47. The van der Waals surface area contributed by atoms with E-state index in [9.17, 15) is 19.2 Å². The SMILES string of the molecule is CCCCCCCc1ccc(C(=O)Oc2ccc(C(=O)Oc3ccc(C4(c5ccc(OC(=O)c6ccc(OC(=O)c7ccc(CCCCCCC)cc7)cc6)cc5)CCC(C)CC4)cc3)cc2)cc1. The van der Waals surface area contributed by atoms with E-state index in [1.807, 2.05) is 72.8 Å². The Morgan fingerprint density at radius 2 is 0.667 bits per heavy atom. The van der Waals surface area contributed by atoms with Gasteiger partial charge in [0.05, 0.1) is 22.3 Å². The van der Waals surface area contributed by atoms with E-state index in [1.165, 1.54) is 62.5 Å². The molecule has 0 aliphatic heterocycles. The number of carbonyl (C=O) groups excluding carboxylic acids is 4. The third-order valence-electron chi connectivity index (χ3n) is 13.5. The minimum atomic E-state index is -0.517. The molecule has 0 bridgehead atoms. The molecule has 0 amide bonds. The zero-order valence-electron chi connectivity index (χ0n) is 40.5. The van der Waals surface area contributed by atoms with Crippen LogP contribution in [-0.4, -0.2) is 23.9 Å². The fourth-order valence-electron chi connectivity index (χ4n) is 9.15. The van der Waals surface area contributed by atoms with E-state index >= 15 is 0 Å². The number of ether oxygens (including phenoxy) is 4. The van der Waals surface area contributed by atoms with Crippen molar-refractivity contribution in [2.75, 3.05) is 0 Å². The van der Waals surface area contributed by atoms with Crippen molar-refractivity contribution in [3.8, 4) is 23.0 Å². The molecular weight excluding hydrogens is 861 g/mol. The molecule has 0 heterocycles. The summed E-state index contributed by atoms with van der Waals surface area (Å²) in [6.45, 7) is 6.71. The Morgan fingerprint density at radius 1 is 0.391 bits per heavy atom. The van der Waals surface area contributed by atoms with Gasteiger partial charge in [-0.2, -0.15) is 0 Å². The molecular formula is C61H66O8. The summed E-state index contributed by atoms with van der Waals surface area (Å²) in [5, 5.41) is 0. The van der Waals surface area contributed by atoms with Crippen molar-refractivity contribution in [2.24, 2.45) is 5.92 Å². The standard InChI is InChI=1S/C61H66O8/c1-4-6-8-10-12-14-45-16-20-47(21-17-45)57(62)66-53-32-24-49(25-33-53)59(64)68-55-36-28-51(29-37-55)61(42-40-44(3)41-43-61)52-30-38-56(39-31-52)69-60(65)50-26-34-54(35-27-50)67-58(63)48-22-18-46(19-23-48)15-13-11-9-7-5-2/h16-39,44H,4-15,40-43H2,1-3H3. The van der Waals surface area contributed by atoms with Crippen molar-refractivity contribution in [3.63, 3.8) is 0 Å². The van der Waals surface area contributed by atoms with E-state index in [2.05, 4.69) is 20.8 Å². The van der Waals surface area contributed by atoms with Gasteiger partial charge in [0.2, 0.25) is 0 Å². The van der Waals surface area contributed by atoms with Crippen molar-refractivity contribution in [2.45, 2.75) is 129 Å². The van der Waals surface area contributed by atoms with Crippen LogP contribution in [0.3, 0.4) is 0 Å². The van der Waals surface area contributed by atoms with Crippen LogP contribution in [0.15, 0.2) is 146 Å². The lowest BCUT2D eigenvalue weighted by Crippen LogP contribution is -2.32. The molecule has 0 spiro atoms. The van der Waals surface area contributed by atoms with Crippen molar-refractivity contribution < 1.29 is 38.1 Å². The molecule has 7 rings (SSSR count). The third-order valence-corrected chi connectivity index (χ3v) is 13.5. The summed E-state index contributed by atoms with van der Waals surface area (Å²) in [6.07, 6.45) is 18.2. The van der Waals surface area contributed by atoms with E-state index in [-0.39, 0.29) is 5.41 Å². The first-order valence-electron chi connectivity index (χ1n) is 25.1. The Hall–Kier alpha value is -6.80. The van der Waals surface area contributed by atoms with Crippen LogP contribution in [0.1, 0.15) is 174 Å². The Kier molecular flexibility index (Phi) is 18.1. The number of hydrogen-bond acceptors (Lipinski definition) is 8. The fraction of sp³-hybridized carbons (Fsp3) is 0.344. The van der Waals surface area contributed by atoms with Gasteiger partial charge in [0.25, 0.3) is 0 Å². The molecule has 69 heavy (non-hydrogen) atoms. The van der Waals surface area contributed by atoms with Gasteiger partial charge in [0.1, 0.15) is 23.0 Å². The molecule has 1 aliphatic carbocycles. The monoisotopic (exact) mass is 926 g/mol. The fourth-order valence-corrected chi connectivity index (χ4v) is 9.15. The first-order valence-corrected chi connectivity index (χ1v) is 25.1. The van der Waals surface area contributed by atoms with Gasteiger partial charge in [-0.1, -0.05) is 121 Å². The molecule has 1 aliphatic rings. The lowest BCUT2D eigenvalue weighted by atomic mass is 9.63. The predicted molar refractivity (Wildman–Crippen MR) is 272 cm³/mol. The summed E-state index contributed by atoms with van der Waals surface area (Å²) in [5.41, 5.74) is 5.99. The lowest BCUT2D eigenvalue weighted by molar-refractivity contribution is 0.0720. The molecule has 0 N–H and O–H groups in total. The van der Waals surface area contributed by atoms with Gasteiger partial charge in [-0.25, -0.2) is 19.2 Å². The van der Waals surface area contributed by atoms with E-state index in [0.29, 0.717) is 51.2 Å². The van der Waals surface area contributed by atoms with Gasteiger partial charge in [-0.15, -0.1) is 0 Å². The zero-order chi connectivity index (χ0) is 48.4. The van der Waals surface area contributed by atoms with Crippen molar-refractivity contribution >= 4 is 23.9 Å². The molecule has 8 heteroatoms. The molecule has 8 nitrogen and oxygen atoms in total. The van der Waals surface area contributed by atoms with Gasteiger partial charge in [-0.3, -0.25) is 0 Å². The van der Waals surface area contributed by atoms with Gasteiger partial charge >= 0.3 is 23.9 Å². The molecule has 0 atom stereocenters. The molecule has 1 fully saturated rings. The molecule has 0 aromatic heterocycles. The van der Waals surface area contributed by atoms with Crippen LogP contribution in [0, 0.1) is 5.92 Å². The van der Waals surface area contributed by atoms with Gasteiger partial charge in [-0.05, 0) is 177 Å². The highest BCUT2D eigenvalue weighted by Gasteiger charge is 2.37. The first kappa shape index (κ1) is 50.1. The van der Waals surface area contributed by atoms with Gasteiger partial charge < -0.3 is 18.9 Å². The van der Waals surface area contributed by atoms with Crippen LogP contribution in [0.5, 0.6) is 23.0 Å². The molecule has 0 unspecified atom stereocenters. The molecule has 1 saturated carbocycles. The Morgan fingerprint density at radius 3 is 0.971 bits per heavy atom. The highest BCUT2D eigenvalue weighted by molar-refractivity contribution is 5.94. The number of esters is 4. The smallest absolute Gasteiger partial charge is 0.343 e. The van der Waals surface area contributed by atoms with Crippen LogP contribution in [0.4, 0.5) is 0 Å². The minimum Gasteiger partial charge on any atom is -0.423 e. The number of carbonyl (C=O) groups is 4. The average molecular weight is 927 g/mol. The lowest BCUT2D eigenvalue weighted by Gasteiger charge is -2.40. The number of hydrogen-bond donors (Lipinski definition) is 0. The van der Waals surface area contributed by atoms with Gasteiger partial charge in [0, 0.05) is 5.41 Å². The normalized spacial score (nSPS) is 13.3. The second-order valence-corrected chi connectivity index (χ2v) is 18.6. The summed E-state index contributed by atoms with van der Waals surface area (Å²) in [7, 11) is 0. The number of unbranched alkanes of at least 4 members (excludes halogenated alkanes) is 8. The largest absolute Gasteiger partial charge is 0.423 e. The summed E-state index contributed by atoms with van der Waals surface area (Å²) in [6, 6.07) is 43.3. The second-order valence-electron chi connectivity index (χ2n) is 18.6. The van der Waals surface area contributed by atoms with E-state index in [4.69, 9.17) is 18.9 Å². The Balaban J connectivity index is 0.908. The molecule has 6 aromatic carbocycles. The van der Waals surface area contributed by atoms with E-state index < -0.39 is 23.9 Å². The Labute approximate surface area is 408 Å². The second kappa shape index (κ2) is 25.0. The third kappa shape index (κ3) is 14.1. The Bertz CT molecular complexity index is 2390. The molecule has 0 saturated heterocycles. The molecule has 0 radical (unpaired) electrons. The van der Waals surface area contributed by atoms with Crippen LogP contribution in [0.2, 0.25) is 0 Å². The maximum atomic E-state index is 13.2. The summed E-state index contributed by atoms with van der Waals surface area (Å²) in [4.78, 5) is 52.1. The molecule has 6 aromatic rings. The summed E-state index contributed by atoms with van der Waals surface area (Å²) in [5.74, 6) is 0.181. The maximum absolute atomic E-state index is 13.2. The van der Waals surface area contributed by atoms with E-state index in [1.54, 1.807) is 72.8 Å². The van der Waals surface area contributed by atoms with E-state index in [0.717, 1.165) is 62.5 Å². The zero-order valence-corrected chi connectivity index (χ0v) is 40.5. The quantitative estimate of drug-likeness (QED) is 0.0377. The van der Waals surface area contributed by atoms with Crippen molar-refractivity contribution in [3.05, 3.63) is 190 Å². The average Bonchev–Trinajstić information content (AvgIpc) is 3.38. The van der Waals surface area contributed by atoms with Crippen LogP contribution < -0.4 is 18.9 Å². The highest BCUT2D eigenvalue weighted by atomic mass is 16.5. The maximum Gasteiger partial charge on any atom is 0.343 e. The van der Waals surface area contributed by atoms with Crippen LogP contribution in [0.25, 0.3) is 0 Å². The summed E-state index contributed by atoms with van der Waals surface area (Å²) < 4.78 is 22.8. The van der Waals surface area contributed by atoms with Gasteiger partial charge in [0.15, 0.2) is 0 Å². The number of benzene rings is 6. The first-order chi connectivity index (χ1) is 33.6. The van der Waals surface area contributed by atoms with Crippen LogP contribution >= 0.6 is 0 Å². The predicted octanol–water partition coefficient (Wildman–Crippen LogP) is 15.1. The van der Waals surface area contributed by atoms with Crippen molar-refractivity contribution in [1.29, 1.82) is 0 Å². The minimum absolute atomic E-state index is 0.274. The molecule has 358 valence electrons. The van der Waals surface area contributed by atoms with Crippen LogP contribution in [-0.2, 0) is 18.3 Å². The number of aryl methyl sites for hydroxylation is 2. The summed E-state index contributed by atoms with van der Waals surface area (Å²) >= 11 is 0. The van der Waals surface area contributed by atoms with Crippen molar-refractivity contribution in [1.82, 2.24) is 0 Å².